The number of carboxylic acid groups (broad SMARTS) is 1. The number of para-hydroxylation sites is 1. The zero-order chi connectivity index (χ0) is 15.2. The smallest absolute Gasteiger partial charge is 0.327 e. The van der Waals surface area contributed by atoms with Gasteiger partial charge < -0.3 is 5.11 Å². The third kappa shape index (κ3) is 2.07. The number of hydrogen-bond acceptors (Lipinski definition) is 4. The van der Waals surface area contributed by atoms with Gasteiger partial charge in [-0.2, -0.15) is 5.10 Å². The average molecular weight is 307 g/mol. The Morgan fingerprint density at radius 1 is 1.38 bits per heavy atom. The molecule has 0 saturated heterocycles. The first-order valence-electron chi connectivity index (χ1n) is 6.25. The van der Waals surface area contributed by atoms with Crippen LogP contribution in [0.2, 0.25) is 0 Å². The molecular weight excluding hydrogens is 294 g/mol. The molecule has 1 aromatic heterocycles. The monoisotopic (exact) mass is 307 g/mol. The summed E-state index contributed by atoms with van der Waals surface area (Å²) < 4.78 is 27.8. The quantitative estimate of drug-likeness (QED) is 0.897. The van der Waals surface area contributed by atoms with Gasteiger partial charge in [-0.15, -0.1) is 0 Å². The predicted octanol–water partition coefficient (Wildman–Crippen LogP) is 0.625. The van der Waals surface area contributed by atoms with Crippen LogP contribution in [0.4, 0.5) is 5.69 Å². The van der Waals surface area contributed by atoms with Crippen LogP contribution in [0.15, 0.2) is 41.6 Å². The lowest BCUT2D eigenvalue weighted by atomic mass is 10.1. The molecule has 0 amide bonds. The molecule has 0 spiro atoms. The first-order valence-corrected chi connectivity index (χ1v) is 7.69. The fraction of sp³-hybridized carbons (Fsp3) is 0.231. The largest absolute Gasteiger partial charge is 0.480 e. The Morgan fingerprint density at radius 2 is 2.10 bits per heavy atom. The van der Waals surface area contributed by atoms with E-state index in [0.29, 0.717) is 11.3 Å². The van der Waals surface area contributed by atoms with Gasteiger partial charge in [0.05, 0.1) is 11.9 Å². The Bertz CT molecular complexity index is 812. The summed E-state index contributed by atoms with van der Waals surface area (Å²) in [6.07, 6.45) is 2.73. The maximum atomic E-state index is 12.7. The van der Waals surface area contributed by atoms with Crippen molar-refractivity contribution >= 4 is 21.7 Å². The molecule has 0 aliphatic carbocycles. The molecular formula is C13H13N3O4S. The summed E-state index contributed by atoms with van der Waals surface area (Å²) in [6, 6.07) is 5.68. The van der Waals surface area contributed by atoms with Gasteiger partial charge in [-0.05, 0) is 11.6 Å². The number of aryl methyl sites for hydroxylation is 1. The van der Waals surface area contributed by atoms with Gasteiger partial charge in [0, 0.05) is 19.7 Å². The number of sulfonamides is 1. The van der Waals surface area contributed by atoms with Crippen molar-refractivity contribution in [3.05, 3.63) is 42.2 Å². The molecule has 1 atom stereocenters. The topological polar surface area (TPSA) is 92.5 Å². The van der Waals surface area contributed by atoms with Crippen LogP contribution in [0, 0.1) is 0 Å². The van der Waals surface area contributed by atoms with Gasteiger partial charge in [-0.25, -0.2) is 13.2 Å². The van der Waals surface area contributed by atoms with E-state index in [1.807, 2.05) is 0 Å². The van der Waals surface area contributed by atoms with E-state index in [0.717, 1.165) is 4.31 Å². The van der Waals surface area contributed by atoms with Gasteiger partial charge >= 0.3 is 5.97 Å². The number of hydrogen-bond donors (Lipinski definition) is 1. The highest BCUT2D eigenvalue weighted by Gasteiger charge is 2.42. The fourth-order valence-electron chi connectivity index (χ4n) is 2.49. The molecule has 0 saturated carbocycles. The van der Waals surface area contributed by atoms with Crippen LogP contribution < -0.4 is 4.31 Å². The Kier molecular flexibility index (Phi) is 2.98. The molecule has 0 fully saturated rings. The number of benzene rings is 1. The van der Waals surface area contributed by atoms with Crippen molar-refractivity contribution in [2.24, 2.45) is 7.05 Å². The first-order chi connectivity index (χ1) is 9.91. The zero-order valence-electron chi connectivity index (χ0n) is 11.2. The van der Waals surface area contributed by atoms with Gasteiger partial charge in [0.15, 0.2) is 0 Å². The summed E-state index contributed by atoms with van der Waals surface area (Å²) in [5, 5.41) is 13.2. The highest BCUT2D eigenvalue weighted by atomic mass is 32.2. The molecule has 1 aromatic carbocycles. The maximum Gasteiger partial charge on any atom is 0.327 e. The summed E-state index contributed by atoms with van der Waals surface area (Å²) in [7, 11) is -2.35. The maximum absolute atomic E-state index is 12.7. The molecule has 1 N–H and O–H groups in total. The lowest BCUT2D eigenvalue weighted by molar-refractivity contribution is -0.138. The SMILES string of the molecule is Cn1cc(S(=O)(=O)N2c3ccccc3C[C@H]2C(=O)O)cn1. The second kappa shape index (κ2) is 4.59. The van der Waals surface area contributed by atoms with Gasteiger partial charge in [0.2, 0.25) is 0 Å². The van der Waals surface area contributed by atoms with Crippen molar-refractivity contribution in [3.63, 3.8) is 0 Å². The van der Waals surface area contributed by atoms with Crippen LogP contribution in [0.25, 0.3) is 0 Å². The minimum atomic E-state index is -3.96. The van der Waals surface area contributed by atoms with Crippen molar-refractivity contribution in [2.75, 3.05) is 4.31 Å². The third-order valence-electron chi connectivity index (χ3n) is 3.45. The van der Waals surface area contributed by atoms with Crippen LogP contribution in [-0.2, 0) is 28.3 Å². The van der Waals surface area contributed by atoms with E-state index in [4.69, 9.17) is 0 Å². The second-order valence-corrected chi connectivity index (χ2v) is 6.65. The van der Waals surface area contributed by atoms with Crippen molar-refractivity contribution in [2.45, 2.75) is 17.4 Å². The molecule has 8 heteroatoms. The molecule has 7 nitrogen and oxygen atoms in total. The molecule has 110 valence electrons. The Morgan fingerprint density at radius 3 is 2.71 bits per heavy atom. The molecule has 1 aliphatic heterocycles. The van der Waals surface area contributed by atoms with Crippen molar-refractivity contribution in [3.8, 4) is 0 Å². The minimum Gasteiger partial charge on any atom is -0.480 e. The van der Waals surface area contributed by atoms with E-state index in [2.05, 4.69) is 5.10 Å². The van der Waals surface area contributed by atoms with Gasteiger partial charge in [0.1, 0.15) is 10.9 Å². The predicted molar refractivity (Wildman–Crippen MR) is 74.4 cm³/mol. The van der Waals surface area contributed by atoms with Crippen LogP contribution in [0.5, 0.6) is 0 Å². The summed E-state index contributed by atoms with van der Waals surface area (Å²) in [4.78, 5) is 11.4. The molecule has 0 unspecified atom stereocenters. The molecule has 1 aliphatic rings. The van der Waals surface area contributed by atoms with Crippen LogP contribution in [-0.4, -0.2) is 35.3 Å². The molecule has 0 radical (unpaired) electrons. The Labute approximate surface area is 121 Å². The number of aliphatic carboxylic acids is 1. The van der Waals surface area contributed by atoms with E-state index in [-0.39, 0.29) is 11.3 Å². The standard InChI is InChI=1S/C13H13N3O4S/c1-15-8-10(7-14-15)21(19,20)16-11-5-3-2-4-9(11)6-12(16)13(17)18/h2-5,7-8,12H,6H2,1H3,(H,17,18)/t12-/m0/s1. The summed E-state index contributed by atoms with van der Waals surface area (Å²) in [6.45, 7) is 0. The number of rotatable bonds is 3. The number of aromatic nitrogens is 2. The summed E-state index contributed by atoms with van der Waals surface area (Å²) in [5.74, 6) is -1.17. The van der Waals surface area contributed by atoms with E-state index < -0.39 is 22.0 Å². The van der Waals surface area contributed by atoms with Crippen molar-refractivity contribution in [1.82, 2.24) is 9.78 Å². The van der Waals surface area contributed by atoms with E-state index in [1.165, 1.54) is 17.1 Å². The van der Waals surface area contributed by atoms with Crippen molar-refractivity contribution in [1.29, 1.82) is 0 Å². The van der Waals surface area contributed by atoms with Gasteiger partial charge in [-0.3, -0.25) is 8.99 Å². The number of carboxylic acids is 1. The number of nitrogens with zero attached hydrogens (tertiary/aromatic N) is 3. The molecule has 0 bridgehead atoms. The molecule has 2 heterocycles. The van der Waals surface area contributed by atoms with Crippen molar-refractivity contribution < 1.29 is 18.3 Å². The second-order valence-electron chi connectivity index (χ2n) is 4.84. The van der Waals surface area contributed by atoms with E-state index >= 15 is 0 Å². The average Bonchev–Trinajstić information content (AvgIpc) is 3.02. The van der Waals surface area contributed by atoms with E-state index in [9.17, 15) is 18.3 Å². The lowest BCUT2D eigenvalue weighted by Crippen LogP contribution is -2.42. The third-order valence-corrected chi connectivity index (χ3v) is 5.22. The Balaban J connectivity index is 2.16. The normalized spacial score (nSPS) is 17.8. The molecule has 21 heavy (non-hydrogen) atoms. The van der Waals surface area contributed by atoms with E-state index in [1.54, 1.807) is 31.3 Å². The summed E-state index contributed by atoms with van der Waals surface area (Å²) >= 11 is 0. The van der Waals surface area contributed by atoms with Gasteiger partial charge in [-0.1, -0.05) is 18.2 Å². The number of fused-ring (bicyclic) bond motifs is 1. The fourth-order valence-corrected chi connectivity index (χ4v) is 4.12. The molecule has 3 rings (SSSR count). The first kappa shape index (κ1) is 13.6. The Hall–Kier alpha value is -2.35. The number of carbonyl (C=O) groups is 1. The van der Waals surface area contributed by atoms with Gasteiger partial charge in [0.25, 0.3) is 10.0 Å². The summed E-state index contributed by atoms with van der Waals surface area (Å²) in [5.41, 5.74) is 1.12. The minimum absolute atomic E-state index is 0.0204. The van der Waals surface area contributed by atoms with Crippen LogP contribution >= 0.6 is 0 Å². The molecule has 2 aromatic rings. The van der Waals surface area contributed by atoms with Crippen LogP contribution in [0.3, 0.4) is 0 Å². The number of anilines is 1. The highest BCUT2D eigenvalue weighted by Crippen LogP contribution is 2.36. The zero-order valence-corrected chi connectivity index (χ0v) is 12.0. The lowest BCUT2D eigenvalue weighted by Gasteiger charge is -2.23. The van der Waals surface area contributed by atoms with Crippen LogP contribution in [0.1, 0.15) is 5.56 Å². The highest BCUT2D eigenvalue weighted by molar-refractivity contribution is 7.93.